The Balaban J connectivity index is 2.42. The number of piperidine rings is 1. The Hall–Kier alpha value is -0.810. The fourth-order valence-electron chi connectivity index (χ4n) is 2.97. The molecule has 2 amide bonds. The first-order valence-electron chi connectivity index (χ1n) is 8.68. The minimum atomic E-state index is -0.369. The van der Waals surface area contributed by atoms with E-state index in [9.17, 15) is 9.90 Å². The Morgan fingerprint density at radius 3 is 2.77 bits per heavy atom. The summed E-state index contributed by atoms with van der Waals surface area (Å²) in [6, 6.07) is -0.0576. The van der Waals surface area contributed by atoms with E-state index in [1.165, 1.54) is 19.3 Å². The summed E-state index contributed by atoms with van der Waals surface area (Å²) in [5.41, 5.74) is -0.0192. The van der Waals surface area contributed by atoms with Crippen LogP contribution in [0, 0.1) is 5.92 Å². The maximum Gasteiger partial charge on any atom is 0.317 e. The van der Waals surface area contributed by atoms with Crippen LogP contribution in [-0.4, -0.2) is 65.8 Å². The molecule has 22 heavy (non-hydrogen) atoms. The Morgan fingerprint density at radius 1 is 1.50 bits per heavy atom. The second-order valence-electron chi connectivity index (χ2n) is 7.39. The van der Waals surface area contributed by atoms with Gasteiger partial charge in [0.25, 0.3) is 0 Å². The van der Waals surface area contributed by atoms with Gasteiger partial charge in [-0.25, -0.2) is 4.79 Å². The van der Waals surface area contributed by atoms with Gasteiger partial charge in [-0.1, -0.05) is 13.3 Å². The van der Waals surface area contributed by atoms with Crippen molar-refractivity contribution in [2.24, 2.45) is 5.92 Å². The summed E-state index contributed by atoms with van der Waals surface area (Å²) in [5, 5.41) is 12.3. The van der Waals surface area contributed by atoms with Gasteiger partial charge in [-0.2, -0.15) is 0 Å². The van der Waals surface area contributed by atoms with Gasteiger partial charge >= 0.3 is 6.03 Å². The van der Waals surface area contributed by atoms with Crippen LogP contribution in [0.4, 0.5) is 4.79 Å². The molecular formula is C17H35N3O2. The molecule has 5 nitrogen and oxygen atoms in total. The van der Waals surface area contributed by atoms with Crippen LogP contribution in [-0.2, 0) is 0 Å². The summed E-state index contributed by atoms with van der Waals surface area (Å²) >= 11 is 0. The maximum absolute atomic E-state index is 12.1. The Labute approximate surface area is 136 Å². The third-order valence-corrected chi connectivity index (χ3v) is 4.85. The summed E-state index contributed by atoms with van der Waals surface area (Å²) in [6.07, 6.45) is 4.06. The molecule has 0 radical (unpaired) electrons. The molecule has 0 aromatic carbocycles. The predicted octanol–water partition coefficient (Wildman–Crippen LogP) is 2.30. The molecule has 1 heterocycles. The molecule has 0 spiro atoms. The minimum absolute atomic E-state index is 0.0192. The fourth-order valence-corrected chi connectivity index (χ4v) is 2.97. The summed E-state index contributed by atoms with van der Waals surface area (Å²) in [6.45, 7) is 11.9. The molecule has 0 aromatic rings. The number of urea groups is 1. The molecule has 0 bridgehead atoms. The second-order valence-corrected chi connectivity index (χ2v) is 7.39. The number of nitrogens with one attached hydrogen (secondary N) is 1. The molecule has 130 valence electrons. The zero-order chi connectivity index (χ0) is 16.8. The molecule has 2 unspecified atom stereocenters. The van der Waals surface area contributed by atoms with E-state index < -0.39 is 0 Å². The lowest BCUT2D eigenvalue weighted by Gasteiger charge is -2.43. The highest BCUT2D eigenvalue weighted by molar-refractivity contribution is 5.73. The van der Waals surface area contributed by atoms with Gasteiger partial charge in [-0.05, 0) is 52.5 Å². The van der Waals surface area contributed by atoms with E-state index in [2.05, 4.69) is 31.0 Å². The van der Waals surface area contributed by atoms with Crippen LogP contribution in [0.25, 0.3) is 0 Å². The summed E-state index contributed by atoms with van der Waals surface area (Å²) < 4.78 is 0. The lowest BCUT2D eigenvalue weighted by atomic mass is 9.91. The number of aliphatic hydroxyl groups excluding tert-OH is 1. The molecule has 0 aliphatic carbocycles. The number of carbonyl (C=O) groups is 1. The standard InChI is InChI=1S/C17H35N3O2/c1-6-15-8-7-10-20(12-15)17(3,4)13-18-16(22)19(5)11-9-14(2)21/h14-15,21H,6-13H2,1-5H3,(H,18,22). The van der Waals surface area contributed by atoms with Crippen LogP contribution >= 0.6 is 0 Å². The van der Waals surface area contributed by atoms with Gasteiger partial charge in [-0.3, -0.25) is 4.90 Å². The van der Waals surface area contributed by atoms with Crippen LogP contribution in [0.1, 0.15) is 53.4 Å². The van der Waals surface area contributed by atoms with Crippen LogP contribution in [0.2, 0.25) is 0 Å². The van der Waals surface area contributed by atoms with Crippen LogP contribution < -0.4 is 5.32 Å². The lowest BCUT2D eigenvalue weighted by molar-refractivity contribution is 0.0654. The van der Waals surface area contributed by atoms with E-state index in [0.29, 0.717) is 19.5 Å². The molecule has 0 saturated carbocycles. The third-order valence-electron chi connectivity index (χ3n) is 4.85. The first-order valence-corrected chi connectivity index (χ1v) is 8.68. The zero-order valence-electron chi connectivity index (χ0n) is 15.1. The minimum Gasteiger partial charge on any atom is -0.393 e. The van der Waals surface area contributed by atoms with Crippen molar-refractivity contribution in [2.45, 2.75) is 65.0 Å². The Bertz CT molecular complexity index is 345. The number of amides is 2. The van der Waals surface area contributed by atoms with Crippen molar-refractivity contribution in [3.05, 3.63) is 0 Å². The topological polar surface area (TPSA) is 55.8 Å². The lowest BCUT2D eigenvalue weighted by Crippen LogP contribution is -2.56. The average molecular weight is 313 g/mol. The fraction of sp³-hybridized carbons (Fsp3) is 0.941. The molecular weight excluding hydrogens is 278 g/mol. The molecule has 1 rings (SSSR count). The normalized spacial score (nSPS) is 21.5. The smallest absolute Gasteiger partial charge is 0.317 e. The first kappa shape index (κ1) is 19.2. The van der Waals surface area contributed by atoms with Crippen molar-refractivity contribution in [3.8, 4) is 0 Å². The molecule has 1 saturated heterocycles. The highest BCUT2D eigenvalue weighted by atomic mass is 16.3. The maximum atomic E-state index is 12.1. The van der Waals surface area contributed by atoms with Crippen LogP contribution in [0.15, 0.2) is 0 Å². The predicted molar refractivity (Wildman–Crippen MR) is 91.0 cm³/mol. The molecule has 0 aromatic heterocycles. The SMILES string of the molecule is CCC1CCCN(C(C)(C)CNC(=O)N(C)CCC(C)O)C1. The largest absolute Gasteiger partial charge is 0.393 e. The van der Waals surface area contributed by atoms with Crippen molar-refractivity contribution in [1.82, 2.24) is 15.1 Å². The number of rotatable bonds is 7. The number of nitrogens with zero attached hydrogens (tertiary/aromatic N) is 2. The highest BCUT2D eigenvalue weighted by Gasteiger charge is 2.31. The van der Waals surface area contributed by atoms with E-state index >= 15 is 0 Å². The van der Waals surface area contributed by atoms with Crippen LogP contribution in [0.3, 0.4) is 0 Å². The third kappa shape index (κ3) is 6.13. The highest BCUT2D eigenvalue weighted by Crippen LogP contribution is 2.25. The van der Waals surface area contributed by atoms with E-state index in [4.69, 9.17) is 0 Å². The van der Waals surface area contributed by atoms with E-state index in [1.807, 2.05) is 0 Å². The van der Waals surface area contributed by atoms with Gasteiger partial charge in [0.1, 0.15) is 0 Å². The first-order chi connectivity index (χ1) is 10.3. The van der Waals surface area contributed by atoms with Crippen LogP contribution in [0.5, 0.6) is 0 Å². The van der Waals surface area contributed by atoms with Crippen molar-refractivity contribution in [3.63, 3.8) is 0 Å². The number of aliphatic hydroxyl groups is 1. The Kier molecular flexibility index (Phi) is 7.63. The van der Waals surface area contributed by atoms with Gasteiger partial charge in [0.2, 0.25) is 0 Å². The average Bonchev–Trinajstić information content (AvgIpc) is 2.50. The molecule has 1 aliphatic rings. The van der Waals surface area contributed by atoms with E-state index in [1.54, 1.807) is 18.9 Å². The molecule has 1 fully saturated rings. The van der Waals surface area contributed by atoms with Gasteiger partial charge in [0.05, 0.1) is 6.10 Å². The molecule has 1 aliphatic heterocycles. The number of hydrogen-bond donors (Lipinski definition) is 2. The van der Waals surface area contributed by atoms with Crippen molar-refractivity contribution < 1.29 is 9.90 Å². The van der Waals surface area contributed by atoms with Crippen molar-refractivity contribution in [2.75, 3.05) is 33.2 Å². The summed E-state index contributed by atoms with van der Waals surface area (Å²) in [7, 11) is 1.78. The number of carbonyl (C=O) groups excluding carboxylic acids is 1. The zero-order valence-corrected chi connectivity index (χ0v) is 15.1. The summed E-state index contributed by atoms with van der Waals surface area (Å²) in [5.74, 6) is 0.789. The van der Waals surface area contributed by atoms with Gasteiger partial charge in [0, 0.05) is 32.2 Å². The second kappa shape index (κ2) is 8.73. The number of hydrogen-bond acceptors (Lipinski definition) is 3. The Morgan fingerprint density at radius 2 is 2.18 bits per heavy atom. The van der Waals surface area contributed by atoms with Crippen molar-refractivity contribution >= 4 is 6.03 Å². The van der Waals surface area contributed by atoms with Gasteiger partial charge < -0.3 is 15.3 Å². The molecule has 2 N–H and O–H groups in total. The summed E-state index contributed by atoms with van der Waals surface area (Å²) in [4.78, 5) is 16.3. The van der Waals surface area contributed by atoms with Crippen molar-refractivity contribution in [1.29, 1.82) is 0 Å². The number of likely N-dealkylation sites (tertiary alicyclic amines) is 1. The van der Waals surface area contributed by atoms with Gasteiger partial charge in [0.15, 0.2) is 0 Å². The molecule has 5 heteroatoms. The molecule has 2 atom stereocenters. The van der Waals surface area contributed by atoms with E-state index in [0.717, 1.165) is 19.0 Å². The monoisotopic (exact) mass is 313 g/mol. The van der Waals surface area contributed by atoms with E-state index in [-0.39, 0.29) is 17.7 Å². The quantitative estimate of drug-likeness (QED) is 0.758. The van der Waals surface area contributed by atoms with Gasteiger partial charge in [-0.15, -0.1) is 0 Å².